The van der Waals surface area contributed by atoms with E-state index in [2.05, 4.69) is 43.2 Å². The van der Waals surface area contributed by atoms with E-state index in [1.165, 1.54) is 6.38 Å². The lowest BCUT2D eigenvalue weighted by Crippen LogP contribution is -2.39. The van der Waals surface area contributed by atoms with Crippen LogP contribution in [0, 0.1) is 5.92 Å². The maximum absolute atomic E-state index is 12.3. The quantitative estimate of drug-likeness (QED) is 0.267. The van der Waals surface area contributed by atoms with Crippen molar-refractivity contribution in [3.8, 4) is 0 Å². The summed E-state index contributed by atoms with van der Waals surface area (Å²) in [7, 11) is 0. The van der Waals surface area contributed by atoms with Gasteiger partial charge in [0.1, 0.15) is 19.0 Å². The Morgan fingerprint density at radius 3 is 2.11 bits per heavy atom. The van der Waals surface area contributed by atoms with E-state index in [1.54, 1.807) is 43.4 Å². The molecule has 2 atom stereocenters. The number of amides is 1. The van der Waals surface area contributed by atoms with Crippen LogP contribution in [0.25, 0.3) is 0 Å². The highest BCUT2D eigenvalue weighted by Gasteiger charge is 2.48. The largest absolute Gasteiger partial charge is 0.490 e. The Kier molecular flexibility index (Phi) is 27.1. The Morgan fingerprint density at radius 2 is 1.61 bits per heavy atom. The molecule has 2 unspecified atom stereocenters. The molecule has 1 aromatic rings. The molecule has 0 radical (unpaired) electrons. The molecule has 2 aliphatic rings. The molecule has 3 rings (SSSR count). The van der Waals surface area contributed by atoms with Gasteiger partial charge in [-0.25, -0.2) is 0 Å². The molecule has 7 heteroatoms. The minimum absolute atomic E-state index is 0.415. The van der Waals surface area contributed by atoms with Gasteiger partial charge in [0.05, 0.1) is 0 Å². The number of carbonyl (C=O) groups excluding carboxylic acids is 1. The second kappa shape index (κ2) is 25.9. The van der Waals surface area contributed by atoms with E-state index in [9.17, 15) is 9.90 Å². The number of anilines is 1. The van der Waals surface area contributed by atoms with Gasteiger partial charge >= 0.3 is 0 Å². The second-order valence-electron chi connectivity index (χ2n) is 7.00. The van der Waals surface area contributed by atoms with E-state index >= 15 is 0 Å². The molecule has 2 N–H and O–H groups in total. The lowest BCUT2D eigenvalue weighted by molar-refractivity contribution is -0.137. The molecule has 214 valence electrons. The van der Waals surface area contributed by atoms with Crippen LogP contribution in [-0.4, -0.2) is 36.5 Å². The fourth-order valence-electron chi connectivity index (χ4n) is 2.99. The molecule has 0 saturated carbocycles. The minimum atomic E-state index is -1.60. The molecule has 0 aliphatic carbocycles. The number of allylic oxidation sites excluding steroid dienone is 5. The average molecular weight is 569 g/mol. The fourth-order valence-corrected chi connectivity index (χ4v) is 2.99. The van der Waals surface area contributed by atoms with Gasteiger partial charge in [-0.2, -0.15) is 0 Å². The Labute approximate surface area is 241 Å². The number of para-hydroxylation sites is 1. The number of hydrogen-bond donors (Lipinski definition) is 2. The summed E-state index contributed by atoms with van der Waals surface area (Å²) in [6.07, 6.45) is 13.0. The summed E-state index contributed by atoms with van der Waals surface area (Å²) in [6, 6.07) is 7.18. The summed E-state index contributed by atoms with van der Waals surface area (Å²) in [6.45, 7) is 23.8. The monoisotopic (exact) mass is 567 g/mol. The Balaban J connectivity index is -0.000000741. The lowest BCUT2D eigenvalue weighted by atomic mass is 9.83. The van der Waals surface area contributed by atoms with Gasteiger partial charge in [-0.05, 0) is 26.0 Å². The molecule has 0 saturated heterocycles. The first-order valence-electron chi connectivity index (χ1n) is 12.4. The standard InChI is InChI=1S/C19H21NO4.C4H8.C3H5Cl.C2H6.C2H4.CH3Cl/c1-3-6-16-17(24-12-11-23-16)10-9-13(2)19(22)14-7-4-5-8-15(14)20-18(19)21;1-3-4-2;1-2-3-4;3*1-2/h3-5,7-10,13,22H,1,6,11-12H2,2H3,(H,20,21);3-4H,1-2H3;2H,1,3H2;1-2H3;1-2H2;1H3/b10-9-;4-3+;;;;. The van der Waals surface area contributed by atoms with Crippen molar-refractivity contribution in [1.29, 1.82) is 0 Å². The summed E-state index contributed by atoms with van der Waals surface area (Å²) in [5.74, 6) is 1.03. The molecule has 0 bridgehead atoms. The fraction of sp³-hybridized carbons (Fsp3) is 0.387. The van der Waals surface area contributed by atoms with Gasteiger partial charge in [-0.15, -0.1) is 49.5 Å². The lowest BCUT2D eigenvalue weighted by Gasteiger charge is -2.26. The molecule has 1 aromatic carbocycles. The molecular weight excluding hydrogens is 521 g/mol. The summed E-state index contributed by atoms with van der Waals surface area (Å²) >= 11 is 9.71. The van der Waals surface area contributed by atoms with Crippen LogP contribution < -0.4 is 5.32 Å². The SMILES string of the molecule is C/C=C/C.C=C.C=CCC1=C(/C=C\C(C)C2(O)C(=O)Nc3ccccc32)OCCO1.C=CCCl.CC.CCl. The van der Waals surface area contributed by atoms with Crippen molar-refractivity contribution >= 4 is 34.8 Å². The second-order valence-corrected chi connectivity index (χ2v) is 7.31. The number of carbonyl (C=O) groups is 1. The zero-order chi connectivity index (χ0) is 30.0. The third-order valence-corrected chi connectivity index (χ3v) is 5.01. The number of alkyl halides is 2. The zero-order valence-corrected chi connectivity index (χ0v) is 25.4. The van der Waals surface area contributed by atoms with Crippen molar-refractivity contribution in [3.63, 3.8) is 0 Å². The van der Waals surface area contributed by atoms with E-state index in [0.29, 0.717) is 48.3 Å². The molecule has 38 heavy (non-hydrogen) atoms. The highest BCUT2D eigenvalue weighted by atomic mass is 35.5. The van der Waals surface area contributed by atoms with Gasteiger partial charge in [-0.3, -0.25) is 4.79 Å². The van der Waals surface area contributed by atoms with Crippen molar-refractivity contribution in [2.45, 2.75) is 46.6 Å². The van der Waals surface area contributed by atoms with Crippen molar-refractivity contribution in [2.75, 3.05) is 30.8 Å². The van der Waals surface area contributed by atoms with E-state index < -0.39 is 17.4 Å². The van der Waals surface area contributed by atoms with Crippen LogP contribution in [0.15, 0.2) is 98.6 Å². The normalized spacial score (nSPS) is 17.3. The van der Waals surface area contributed by atoms with E-state index in [-0.39, 0.29) is 0 Å². The predicted molar refractivity (Wildman–Crippen MR) is 167 cm³/mol. The highest BCUT2D eigenvalue weighted by Crippen LogP contribution is 2.41. The van der Waals surface area contributed by atoms with Gasteiger partial charge in [-0.1, -0.05) is 69.4 Å². The predicted octanol–water partition coefficient (Wildman–Crippen LogP) is 8.53. The Morgan fingerprint density at radius 1 is 1.08 bits per heavy atom. The van der Waals surface area contributed by atoms with E-state index in [0.717, 1.165) is 0 Å². The van der Waals surface area contributed by atoms with Crippen LogP contribution in [-0.2, 0) is 19.9 Å². The van der Waals surface area contributed by atoms with Gasteiger partial charge in [0, 0.05) is 35.9 Å². The summed E-state index contributed by atoms with van der Waals surface area (Å²) in [5.41, 5.74) is -0.357. The van der Waals surface area contributed by atoms with Crippen LogP contribution in [0.4, 0.5) is 5.69 Å². The number of benzene rings is 1. The number of fused-ring (bicyclic) bond motifs is 1. The molecule has 1 amide bonds. The number of halogens is 2. The van der Waals surface area contributed by atoms with Crippen molar-refractivity contribution in [3.05, 3.63) is 104 Å². The topological polar surface area (TPSA) is 67.8 Å². The van der Waals surface area contributed by atoms with Crippen LogP contribution in [0.5, 0.6) is 0 Å². The van der Waals surface area contributed by atoms with Gasteiger partial charge in [0.2, 0.25) is 0 Å². The molecule has 2 aliphatic heterocycles. The van der Waals surface area contributed by atoms with Gasteiger partial charge in [0.15, 0.2) is 11.4 Å². The van der Waals surface area contributed by atoms with E-state index in [1.807, 2.05) is 52.0 Å². The number of nitrogens with one attached hydrogen (secondary N) is 1. The molecule has 2 heterocycles. The molecule has 0 aromatic heterocycles. The first-order chi connectivity index (χ1) is 18.4. The molecule has 0 fully saturated rings. The smallest absolute Gasteiger partial charge is 0.261 e. The minimum Gasteiger partial charge on any atom is -0.490 e. The van der Waals surface area contributed by atoms with Crippen LogP contribution >= 0.6 is 23.2 Å². The Hall–Kier alpha value is -2.73. The maximum Gasteiger partial charge on any atom is 0.261 e. The van der Waals surface area contributed by atoms with Gasteiger partial charge in [0.25, 0.3) is 5.91 Å². The Bertz CT molecular complexity index is 876. The molecule has 0 spiro atoms. The van der Waals surface area contributed by atoms with Gasteiger partial charge < -0.3 is 19.9 Å². The van der Waals surface area contributed by atoms with Crippen LogP contribution in [0.2, 0.25) is 0 Å². The third-order valence-electron chi connectivity index (χ3n) is 4.79. The van der Waals surface area contributed by atoms with Crippen molar-refractivity contribution in [1.82, 2.24) is 0 Å². The number of aliphatic hydroxyl groups is 1. The average Bonchev–Trinajstić information content (AvgIpc) is 3.26. The third kappa shape index (κ3) is 13.2. The number of hydrogen-bond acceptors (Lipinski definition) is 4. The maximum atomic E-state index is 12.3. The first-order valence-corrected chi connectivity index (χ1v) is 13.7. The van der Waals surface area contributed by atoms with Crippen molar-refractivity contribution < 1.29 is 19.4 Å². The number of ether oxygens (including phenoxy) is 2. The zero-order valence-electron chi connectivity index (χ0n) is 23.9. The van der Waals surface area contributed by atoms with E-state index in [4.69, 9.17) is 21.1 Å². The summed E-state index contributed by atoms with van der Waals surface area (Å²) < 4.78 is 11.2. The summed E-state index contributed by atoms with van der Waals surface area (Å²) in [5, 5.41) is 13.7. The summed E-state index contributed by atoms with van der Waals surface area (Å²) in [4.78, 5) is 12.3. The first kappa shape index (κ1) is 39.8. The van der Waals surface area contributed by atoms with Crippen LogP contribution in [0.3, 0.4) is 0 Å². The van der Waals surface area contributed by atoms with Crippen LogP contribution in [0.1, 0.15) is 46.6 Å². The highest BCUT2D eigenvalue weighted by molar-refractivity contribution is 6.18. The molecule has 5 nitrogen and oxygen atoms in total. The van der Waals surface area contributed by atoms with Crippen molar-refractivity contribution in [2.24, 2.45) is 5.92 Å². The molecular formula is C31H47Cl2NO4. The number of rotatable bonds is 6.